The van der Waals surface area contributed by atoms with E-state index in [-0.39, 0.29) is 23.4 Å². The lowest BCUT2D eigenvalue weighted by molar-refractivity contribution is -0.137. The fraction of sp³-hybridized carbons (Fsp3) is 0.286. The maximum atomic E-state index is 10.8. The molecule has 0 aliphatic heterocycles. The summed E-state index contributed by atoms with van der Waals surface area (Å²) in [5.74, 6) is 0.355. The first kappa shape index (κ1) is 10.6. The highest BCUT2D eigenvalue weighted by molar-refractivity contribution is 7.99. The van der Waals surface area contributed by atoms with Gasteiger partial charge in [0.15, 0.2) is 5.16 Å². The highest BCUT2D eigenvalue weighted by Crippen LogP contribution is 2.15. The zero-order valence-corrected chi connectivity index (χ0v) is 8.37. The molecule has 0 aliphatic rings. The third-order valence-corrected chi connectivity index (χ3v) is 2.11. The highest BCUT2D eigenvalue weighted by atomic mass is 32.2. The molecule has 1 aromatic rings. The normalized spacial score (nSPS) is 9.79. The molecule has 0 aromatic carbocycles. The van der Waals surface area contributed by atoms with Crippen molar-refractivity contribution in [2.75, 3.05) is 24.3 Å². The molecule has 0 bridgehead atoms. The summed E-state index contributed by atoms with van der Waals surface area (Å²) in [5.41, 5.74) is 10.9. The fourth-order valence-corrected chi connectivity index (χ4v) is 1.41. The number of nitrogen functional groups attached to an aromatic ring is 2. The number of aromatic nitrogens is 2. The molecule has 14 heavy (non-hydrogen) atoms. The molecule has 0 saturated heterocycles. The zero-order valence-electron chi connectivity index (χ0n) is 7.56. The van der Waals surface area contributed by atoms with Gasteiger partial charge in [0.25, 0.3) is 0 Å². The molecule has 1 heterocycles. The minimum Gasteiger partial charge on any atom is -0.468 e. The van der Waals surface area contributed by atoms with Gasteiger partial charge in [0.1, 0.15) is 11.6 Å². The average Bonchev–Trinajstić information content (AvgIpc) is 2.12. The van der Waals surface area contributed by atoms with E-state index in [0.717, 1.165) is 11.8 Å². The van der Waals surface area contributed by atoms with Crippen molar-refractivity contribution >= 4 is 29.4 Å². The van der Waals surface area contributed by atoms with Crippen molar-refractivity contribution in [3.05, 3.63) is 6.07 Å². The molecular formula is C7H10N4O2S. The number of ether oxygens (including phenoxy) is 1. The summed E-state index contributed by atoms with van der Waals surface area (Å²) < 4.78 is 4.45. The van der Waals surface area contributed by atoms with Crippen LogP contribution < -0.4 is 11.5 Å². The first-order chi connectivity index (χ1) is 6.61. The number of nitrogens with zero attached hydrogens (tertiary/aromatic N) is 2. The Morgan fingerprint density at radius 2 is 2.07 bits per heavy atom. The van der Waals surface area contributed by atoms with E-state index in [1.54, 1.807) is 0 Å². The summed E-state index contributed by atoms with van der Waals surface area (Å²) in [6.45, 7) is 0. The topological polar surface area (TPSA) is 104 Å². The summed E-state index contributed by atoms with van der Waals surface area (Å²) in [4.78, 5) is 18.6. The Kier molecular flexibility index (Phi) is 3.52. The van der Waals surface area contributed by atoms with E-state index in [0.29, 0.717) is 5.16 Å². The SMILES string of the molecule is COC(=O)CSc1nc(N)cc(N)n1. The monoisotopic (exact) mass is 214 g/mol. The maximum Gasteiger partial charge on any atom is 0.316 e. The van der Waals surface area contributed by atoms with Crippen LogP contribution in [0, 0.1) is 0 Å². The number of carbonyl (C=O) groups excluding carboxylic acids is 1. The van der Waals surface area contributed by atoms with Crippen molar-refractivity contribution in [2.45, 2.75) is 5.16 Å². The van der Waals surface area contributed by atoms with Crippen LogP contribution in [0.15, 0.2) is 11.2 Å². The molecule has 7 heteroatoms. The molecule has 6 nitrogen and oxygen atoms in total. The van der Waals surface area contributed by atoms with Crippen LogP contribution in [0.1, 0.15) is 0 Å². The molecule has 0 saturated carbocycles. The second-order valence-electron chi connectivity index (χ2n) is 2.37. The Bertz CT molecular complexity index is 324. The van der Waals surface area contributed by atoms with Crippen molar-refractivity contribution in [1.82, 2.24) is 9.97 Å². The molecule has 76 valence electrons. The molecule has 0 spiro atoms. The number of rotatable bonds is 3. The van der Waals surface area contributed by atoms with Crippen LogP contribution in [0.2, 0.25) is 0 Å². The van der Waals surface area contributed by atoms with Crippen LogP contribution in [0.25, 0.3) is 0 Å². The van der Waals surface area contributed by atoms with E-state index < -0.39 is 0 Å². The molecule has 0 fully saturated rings. The number of thioether (sulfide) groups is 1. The second kappa shape index (κ2) is 4.66. The van der Waals surface area contributed by atoms with Crippen LogP contribution in [0.5, 0.6) is 0 Å². The van der Waals surface area contributed by atoms with Crippen molar-refractivity contribution in [1.29, 1.82) is 0 Å². The van der Waals surface area contributed by atoms with E-state index in [1.807, 2.05) is 0 Å². The Morgan fingerprint density at radius 3 is 2.57 bits per heavy atom. The van der Waals surface area contributed by atoms with Gasteiger partial charge < -0.3 is 16.2 Å². The van der Waals surface area contributed by atoms with Gasteiger partial charge in [0.2, 0.25) is 0 Å². The third kappa shape index (κ3) is 3.09. The van der Waals surface area contributed by atoms with Crippen molar-refractivity contribution in [3.8, 4) is 0 Å². The quantitative estimate of drug-likeness (QED) is 0.411. The van der Waals surface area contributed by atoms with Crippen LogP contribution >= 0.6 is 11.8 Å². The Morgan fingerprint density at radius 1 is 1.50 bits per heavy atom. The van der Waals surface area contributed by atoms with Gasteiger partial charge in [0, 0.05) is 6.07 Å². The lowest BCUT2D eigenvalue weighted by atomic mass is 10.5. The first-order valence-corrected chi connectivity index (χ1v) is 4.70. The van der Waals surface area contributed by atoms with Gasteiger partial charge in [0.05, 0.1) is 12.9 Å². The predicted molar refractivity (Wildman–Crippen MR) is 53.6 cm³/mol. The van der Waals surface area contributed by atoms with Crippen molar-refractivity contribution in [2.24, 2.45) is 0 Å². The van der Waals surface area contributed by atoms with Gasteiger partial charge in [-0.05, 0) is 0 Å². The van der Waals surface area contributed by atoms with E-state index in [1.165, 1.54) is 13.2 Å². The van der Waals surface area contributed by atoms with Crippen molar-refractivity contribution in [3.63, 3.8) is 0 Å². The smallest absolute Gasteiger partial charge is 0.316 e. The number of carbonyl (C=O) groups is 1. The Hall–Kier alpha value is -1.50. The number of anilines is 2. The van der Waals surface area contributed by atoms with E-state index in [9.17, 15) is 4.79 Å². The molecule has 0 aliphatic carbocycles. The summed E-state index contributed by atoms with van der Waals surface area (Å²) in [7, 11) is 1.32. The van der Waals surface area contributed by atoms with Crippen LogP contribution in [-0.2, 0) is 9.53 Å². The van der Waals surface area contributed by atoms with E-state index >= 15 is 0 Å². The molecule has 0 amide bonds. The minimum atomic E-state index is -0.348. The Balaban J connectivity index is 2.63. The van der Waals surface area contributed by atoms with Gasteiger partial charge in [-0.25, -0.2) is 9.97 Å². The number of nitrogens with two attached hydrogens (primary N) is 2. The summed E-state index contributed by atoms with van der Waals surface area (Å²) in [6.07, 6.45) is 0. The summed E-state index contributed by atoms with van der Waals surface area (Å²) in [6, 6.07) is 1.45. The summed E-state index contributed by atoms with van der Waals surface area (Å²) >= 11 is 1.12. The first-order valence-electron chi connectivity index (χ1n) is 3.71. The lowest BCUT2D eigenvalue weighted by Gasteiger charge is -2.01. The molecular weight excluding hydrogens is 204 g/mol. The zero-order chi connectivity index (χ0) is 10.6. The second-order valence-corrected chi connectivity index (χ2v) is 3.31. The average molecular weight is 214 g/mol. The number of hydrogen-bond acceptors (Lipinski definition) is 7. The molecule has 0 unspecified atom stereocenters. The van der Waals surface area contributed by atoms with Crippen molar-refractivity contribution < 1.29 is 9.53 Å². The maximum absolute atomic E-state index is 10.8. The van der Waals surface area contributed by atoms with Crippen LogP contribution in [0.3, 0.4) is 0 Å². The minimum absolute atomic E-state index is 0.138. The van der Waals surface area contributed by atoms with Gasteiger partial charge >= 0.3 is 5.97 Å². The molecule has 4 N–H and O–H groups in total. The molecule has 1 aromatic heterocycles. The lowest BCUT2D eigenvalue weighted by Crippen LogP contribution is -2.05. The number of hydrogen-bond donors (Lipinski definition) is 2. The number of methoxy groups -OCH3 is 1. The standard InChI is InChI=1S/C7H10N4O2S/c1-13-6(12)3-14-7-10-4(8)2-5(9)11-7/h2H,3H2,1H3,(H4,8,9,10,11). The predicted octanol–water partition coefficient (Wildman–Crippen LogP) is -0.0939. The van der Waals surface area contributed by atoms with Gasteiger partial charge in [-0.2, -0.15) is 0 Å². The third-order valence-electron chi connectivity index (χ3n) is 1.29. The fourth-order valence-electron chi connectivity index (χ4n) is 0.709. The molecule has 1 rings (SSSR count). The molecule has 0 atom stereocenters. The molecule has 0 radical (unpaired) electrons. The summed E-state index contributed by atoms with van der Waals surface area (Å²) in [5, 5.41) is 0.368. The van der Waals surface area contributed by atoms with Gasteiger partial charge in [-0.15, -0.1) is 0 Å². The van der Waals surface area contributed by atoms with Crippen LogP contribution in [-0.4, -0.2) is 28.8 Å². The van der Waals surface area contributed by atoms with E-state index in [2.05, 4.69) is 14.7 Å². The van der Waals surface area contributed by atoms with Crippen LogP contribution in [0.4, 0.5) is 11.6 Å². The van der Waals surface area contributed by atoms with E-state index in [4.69, 9.17) is 11.5 Å². The van der Waals surface area contributed by atoms with Gasteiger partial charge in [-0.3, -0.25) is 4.79 Å². The highest BCUT2D eigenvalue weighted by Gasteiger charge is 2.05. The largest absolute Gasteiger partial charge is 0.468 e. The number of esters is 1. The van der Waals surface area contributed by atoms with Gasteiger partial charge in [-0.1, -0.05) is 11.8 Å². The Labute approximate surface area is 85.0 Å².